The molecule has 0 saturated carbocycles. The molecule has 0 fully saturated rings. The summed E-state index contributed by atoms with van der Waals surface area (Å²) in [6, 6.07) is 11.3. The van der Waals surface area contributed by atoms with E-state index in [-0.39, 0.29) is 5.78 Å². The maximum Gasteiger partial charge on any atom is 0.191 e. The van der Waals surface area contributed by atoms with E-state index < -0.39 is 0 Å². The highest BCUT2D eigenvalue weighted by atomic mass is 32.2. The molecule has 0 N–H and O–H groups in total. The molecule has 0 aliphatic rings. The first-order chi connectivity index (χ1) is 12.7. The van der Waals surface area contributed by atoms with Crippen LogP contribution in [0.2, 0.25) is 0 Å². The highest BCUT2D eigenvalue weighted by molar-refractivity contribution is 7.99. The predicted octanol–water partition coefficient (Wildman–Crippen LogP) is 3.25. The summed E-state index contributed by atoms with van der Waals surface area (Å²) in [5.74, 6) is 3.82. The number of thioether (sulfide) groups is 1. The monoisotopic (exact) mass is 362 g/mol. The lowest BCUT2D eigenvalue weighted by atomic mass is 10.1. The Morgan fingerprint density at radius 2 is 2.04 bits per heavy atom. The zero-order valence-electron chi connectivity index (χ0n) is 14.4. The Labute approximate surface area is 156 Å². The number of benzene rings is 1. The van der Waals surface area contributed by atoms with Gasteiger partial charge in [-0.3, -0.25) is 9.78 Å². The van der Waals surface area contributed by atoms with Gasteiger partial charge in [-0.05, 0) is 36.8 Å². The zero-order chi connectivity index (χ0) is 18.4. The summed E-state index contributed by atoms with van der Waals surface area (Å²) in [5.41, 5.74) is 2.69. The van der Waals surface area contributed by atoms with Crippen molar-refractivity contribution in [3.63, 3.8) is 0 Å². The highest BCUT2D eigenvalue weighted by Gasteiger charge is 2.14. The number of Topliss-reactive ketones (excluding diaryl/α,β-unsaturated/α-hetero) is 1. The van der Waals surface area contributed by atoms with Crippen LogP contribution in [0.5, 0.6) is 0 Å². The molecule has 0 aliphatic carbocycles. The predicted molar refractivity (Wildman–Crippen MR) is 103 cm³/mol. The van der Waals surface area contributed by atoms with Crippen LogP contribution in [0, 0.1) is 12.3 Å². The maximum atomic E-state index is 12.3. The fourth-order valence-corrected chi connectivity index (χ4v) is 3.39. The number of carbonyl (C=O) groups is 1. The van der Waals surface area contributed by atoms with Gasteiger partial charge in [-0.15, -0.1) is 16.6 Å². The average molecular weight is 362 g/mol. The van der Waals surface area contributed by atoms with E-state index in [2.05, 4.69) is 21.1 Å². The van der Waals surface area contributed by atoms with Gasteiger partial charge in [0.2, 0.25) is 0 Å². The lowest BCUT2D eigenvalue weighted by Gasteiger charge is -2.07. The number of carbonyl (C=O) groups excluding carboxylic acids is 1. The molecule has 0 bridgehead atoms. The van der Waals surface area contributed by atoms with E-state index in [1.54, 1.807) is 12.4 Å². The van der Waals surface area contributed by atoms with Gasteiger partial charge in [-0.25, -0.2) is 0 Å². The zero-order valence-corrected chi connectivity index (χ0v) is 15.2. The molecule has 3 rings (SSSR count). The third-order valence-corrected chi connectivity index (χ3v) is 4.86. The topological polar surface area (TPSA) is 60.7 Å². The third-order valence-electron chi connectivity index (χ3n) is 3.84. The fourth-order valence-electron chi connectivity index (χ4n) is 2.53. The number of nitrogens with zero attached hydrogens (tertiary/aromatic N) is 4. The highest BCUT2D eigenvalue weighted by Crippen LogP contribution is 2.23. The maximum absolute atomic E-state index is 12.3. The summed E-state index contributed by atoms with van der Waals surface area (Å²) in [7, 11) is 0. The van der Waals surface area contributed by atoms with E-state index in [9.17, 15) is 4.79 Å². The van der Waals surface area contributed by atoms with Gasteiger partial charge in [0.05, 0.1) is 5.75 Å². The molecule has 3 aromatic rings. The second-order valence-electron chi connectivity index (χ2n) is 5.64. The van der Waals surface area contributed by atoms with Crippen LogP contribution in [-0.4, -0.2) is 31.3 Å². The van der Waals surface area contributed by atoms with Crippen molar-refractivity contribution in [3.05, 3.63) is 59.9 Å². The normalized spacial score (nSPS) is 10.5. The molecule has 0 radical (unpaired) electrons. The van der Waals surface area contributed by atoms with Crippen LogP contribution in [-0.2, 0) is 17.8 Å². The van der Waals surface area contributed by atoms with Crippen LogP contribution < -0.4 is 0 Å². The van der Waals surface area contributed by atoms with Crippen LogP contribution in [0.15, 0.2) is 53.9 Å². The number of hydrogen-bond acceptors (Lipinski definition) is 5. The Balaban J connectivity index is 1.65. The first-order valence-electron chi connectivity index (χ1n) is 8.25. The van der Waals surface area contributed by atoms with Crippen molar-refractivity contribution in [3.8, 4) is 23.7 Å². The molecule has 0 amide bonds. The van der Waals surface area contributed by atoms with Gasteiger partial charge in [-0.1, -0.05) is 29.8 Å². The molecule has 2 heterocycles. The second-order valence-corrected chi connectivity index (χ2v) is 6.58. The van der Waals surface area contributed by atoms with E-state index in [1.165, 1.54) is 11.8 Å². The molecule has 130 valence electrons. The summed E-state index contributed by atoms with van der Waals surface area (Å²) in [6.07, 6.45) is 9.21. The summed E-state index contributed by atoms with van der Waals surface area (Å²) < 4.78 is 2.00. The van der Waals surface area contributed by atoms with E-state index in [0.29, 0.717) is 12.2 Å². The van der Waals surface area contributed by atoms with Crippen molar-refractivity contribution < 1.29 is 4.79 Å². The minimum absolute atomic E-state index is 0.136. The molecule has 5 nitrogen and oxygen atoms in total. The number of rotatable bonds is 7. The average Bonchev–Trinajstić information content (AvgIpc) is 3.10. The van der Waals surface area contributed by atoms with Gasteiger partial charge in [0.1, 0.15) is 5.78 Å². The summed E-state index contributed by atoms with van der Waals surface area (Å²) >= 11 is 1.41. The number of pyridine rings is 1. The van der Waals surface area contributed by atoms with Crippen molar-refractivity contribution in [2.75, 3.05) is 5.75 Å². The number of terminal acetylenes is 1. The molecule has 0 unspecified atom stereocenters. The van der Waals surface area contributed by atoms with Gasteiger partial charge in [0.15, 0.2) is 11.0 Å². The first-order valence-corrected chi connectivity index (χ1v) is 9.23. The van der Waals surface area contributed by atoms with Crippen LogP contribution in [0.1, 0.15) is 18.1 Å². The fraction of sp³-hybridized carbons (Fsp3) is 0.200. The molecule has 0 aliphatic heterocycles. The molecule has 1 aromatic carbocycles. The molecule has 0 atom stereocenters. The van der Waals surface area contributed by atoms with Crippen molar-refractivity contribution >= 4 is 17.5 Å². The summed E-state index contributed by atoms with van der Waals surface area (Å²) in [4.78, 5) is 16.4. The van der Waals surface area contributed by atoms with Crippen LogP contribution in [0.4, 0.5) is 0 Å². The molecule has 0 spiro atoms. The van der Waals surface area contributed by atoms with Crippen LogP contribution >= 0.6 is 11.8 Å². The lowest BCUT2D eigenvalue weighted by molar-refractivity contribution is -0.116. The van der Waals surface area contributed by atoms with E-state index >= 15 is 0 Å². The minimum Gasteiger partial charge on any atom is -0.302 e. The number of ketones is 1. The van der Waals surface area contributed by atoms with E-state index in [0.717, 1.165) is 34.2 Å². The SMILES string of the molecule is C#Cc1ccc(CC(=O)CSc2nnc(-c3cccnc3)n2CC)cc1. The molecule has 0 saturated heterocycles. The Morgan fingerprint density at radius 3 is 2.69 bits per heavy atom. The van der Waals surface area contributed by atoms with E-state index in [4.69, 9.17) is 6.42 Å². The molecule has 2 aromatic heterocycles. The minimum atomic E-state index is 0.136. The van der Waals surface area contributed by atoms with Crippen molar-refractivity contribution in [1.82, 2.24) is 19.7 Å². The van der Waals surface area contributed by atoms with Crippen LogP contribution in [0.3, 0.4) is 0 Å². The van der Waals surface area contributed by atoms with Gasteiger partial charge < -0.3 is 4.57 Å². The standard InChI is InChI=1S/C20H18N4OS/c1-3-15-7-9-16(10-8-15)12-18(25)14-26-20-23-22-19(24(20)4-2)17-6-5-11-21-13-17/h1,5-11,13H,4,12,14H2,2H3. The third kappa shape index (κ3) is 4.19. The first kappa shape index (κ1) is 17.9. The number of aromatic nitrogens is 4. The van der Waals surface area contributed by atoms with E-state index in [1.807, 2.05) is 47.9 Å². The molecular formula is C20H18N4OS. The van der Waals surface area contributed by atoms with Crippen molar-refractivity contribution in [1.29, 1.82) is 0 Å². The molecular weight excluding hydrogens is 344 g/mol. The summed E-state index contributed by atoms with van der Waals surface area (Å²) in [6.45, 7) is 2.75. The van der Waals surface area contributed by atoms with Gasteiger partial charge in [-0.2, -0.15) is 0 Å². The molecule has 26 heavy (non-hydrogen) atoms. The van der Waals surface area contributed by atoms with Crippen molar-refractivity contribution in [2.24, 2.45) is 0 Å². The second kappa shape index (κ2) is 8.45. The Kier molecular flexibility index (Phi) is 5.82. The molecule has 6 heteroatoms. The van der Waals surface area contributed by atoms with Gasteiger partial charge in [0.25, 0.3) is 0 Å². The van der Waals surface area contributed by atoms with Crippen LogP contribution in [0.25, 0.3) is 11.4 Å². The Morgan fingerprint density at radius 1 is 1.23 bits per heavy atom. The largest absolute Gasteiger partial charge is 0.302 e. The Hall–Kier alpha value is -2.91. The van der Waals surface area contributed by atoms with Gasteiger partial charge in [0, 0.05) is 36.5 Å². The van der Waals surface area contributed by atoms with Crippen molar-refractivity contribution in [2.45, 2.75) is 25.0 Å². The smallest absolute Gasteiger partial charge is 0.191 e. The Bertz CT molecular complexity index is 927. The summed E-state index contributed by atoms with van der Waals surface area (Å²) in [5, 5.41) is 9.24. The van der Waals surface area contributed by atoms with Gasteiger partial charge >= 0.3 is 0 Å². The number of hydrogen-bond donors (Lipinski definition) is 0. The lowest BCUT2D eigenvalue weighted by Crippen LogP contribution is -2.07. The quantitative estimate of drug-likeness (QED) is 0.477.